The maximum Gasteiger partial charge on any atom is 0.411 e. The molecule has 0 unspecified atom stereocenters. The molecule has 2 heterocycles. The molecule has 7 nitrogen and oxygen atoms in total. The largest absolute Gasteiger partial charge is 0.444 e. The number of amides is 1. The van der Waals surface area contributed by atoms with Crippen LogP contribution < -0.4 is 0 Å². The lowest BCUT2D eigenvalue weighted by molar-refractivity contribution is -0.0147. The van der Waals surface area contributed by atoms with Gasteiger partial charge < -0.3 is 9.16 Å². The van der Waals surface area contributed by atoms with Crippen molar-refractivity contribution >= 4 is 14.4 Å². The molecule has 0 fully saturated rings. The first kappa shape index (κ1) is 20.9. The number of fused-ring (bicyclic) bond motifs is 1. The smallest absolute Gasteiger partial charge is 0.411 e. The average molecular weight is 383 g/mol. The fraction of sp³-hybridized carbons (Fsp3) is 0.833. The van der Waals surface area contributed by atoms with Gasteiger partial charge >= 0.3 is 6.09 Å². The predicted octanol–water partition coefficient (Wildman–Crippen LogP) is 3.81. The lowest BCUT2D eigenvalue weighted by atomic mass is 10.1. The van der Waals surface area contributed by atoms with E-state index in [1.54, 1.807) is 11.1 Å². The third kappa shape index (κ3) is 4.65. The van der Waals surface area contributed by atoms with E-state index in [4.69, 9.17) is 9.16 Å². The van der Waals surface area contributed by atoms with Crippen molar-refractivity contribution in [1.82, 2.24) is 19.9 Å². The molecular formula is C18H34N4O3Si. The van der Waals surface area contributed by atoms with Crippen LogP contribution in [0.5, 0.6) is 0 Å². The summed E-state index contributed by atoms with van der Waals surface area (Å²) in [4.78, 5) is 14.6. The number of ether oxygens (including phenoxy) is 1. The first-order valence-electron chi connectivity index (χ1n) is 9.26. The first-order valence-corrected chi connectivity index (χ1v) is 12.2. The Morgan fingerprint density at radius 3 is 2.42 bits per heavy atom. The van der Waals surface area contributed by atoms with E-state index in [0.29, 0.717) is 13.1 Å². The molecule has 1 aliphatic heterocycles. The summed E-state index contributed by atoms with van der Waals surface area (Å²) in [6, 6.07) is -0.145. The van der Waals surface area contributed by atoms with Crippen molar-refractivity contribution in [2.75, 3.05) is 0 Å². The lowest BCUT2D eigenvalue weighted by Crippen LogP contribution is -2.56. The molecule has 1 amide bonds. The van der Waals surface area contributed by atoms with E-state index in [-0.39, 0.29) is 23.3 Å². The SMILES string of the molecule is C[C@@H](O[Si](C)(C)C(C)(C)C)[C@H]1Cn2nncc2CN1C(=O)OC(C)(C)C. The zero-order valence-corrected chi connectivity index (χ0v) is 18.7. The molecule has 0 bridgehead atoms. The molecule has 2 rings (SSSR count). The second-order valence-corrected chi connectivity index (χ2v) is 14.4. The third-order valence-corrected chi connectivity index (χ3v) is 9.82. The Bertz CT molecular complexity index is 646. The van der Waals surface area contributed by atoms with Gasteiger partial charge in [-0.1, -0.05) is 26.0 Å². The summed E-state index contributed by atoms with van der Waals surface area (Å²) in [5, 5.41) is 8.23. The van der Waals surface area contributed by atoms with Gasteiger partial charge in [-0.25, -0.2) is 9.48 Å². The molecule has 0 saturated heterocycles. The minimum Gasteiger partial charge on any atom is -0.444 e. The van der Waals surface area contributed by atoms with Crippen LogP contribution in [0.1, 0.15) is 54.2 Å². The van der Waals surface area contributed by atoms with Gasteiger partial charge in [0.2, 0.25) is 0 Å². The fourth-order valence-corrected chi connectivity index (χ4v) is 4.21. The highest BCUT2D eigenvalue weighted by molar-refractivity contribution is 6.74. The Kier molecular flexibility index (Phi) is 5.59. The quantitative estimate of drug-likeness (QED) is 0.744. The van der Waals surface area contributed by atoms with Crippen molar-refractivity contribution in [2.45, 2.75) is 97.4 Å². The molecule has 1 aromatic rings. The van der Waals surface area contributed by atoms with Gasteiger partial charge in [0.05, 0.1) is 37.1 Å². The number of rotatable bonds is 3. The van der Waals surface area contributed by atoms with Crippen molar-refractivity contribution in [2.24, 2.45) is 0 Å². The summed E-state index contributed by atoms with van der Waals surface area (Å²) in [6.07, 6.45) is 1.26. The molecule has 0 aromatic carbocycles. The van der Waals surface area contributed by atoms with Gasteiger partial charge in [0.1, 0.15) is 5.60 Å². The summed E-state index contributed by atoms with van der Waals surface area (Å²) < 4.78 is 14.1. The van der Waals surface area contributed by atoms with E-state index in [9.17, 15) is 4.79 Å². The highest BCUT2D eigenvalue weighted by atomic mass is 28.4. The average Bonchev–Trinajstić information content (AvgIpc) is 2.89. The zero-order chi connectivity index (χ0) is 19.9. The van der Waals surface area contributed by atoms with E-state index in [0.717, 1.165) is 5.69 Å². The molecule has 0 N–H and O–H groups in total. The maximum atomic E-state index is 12.8. The molecule has 0 aliphatic carbocycles. The third-order valence-electron chi connectivity index (χ3n) is 5.25. The second-order valence-electron chi connectivity index (χ2n) is 9.67. The molecule has 0 saturated carbocycles. The van der Waals surface area contributed by atoms with Gasteiger partial charge in [-0.3, -0.25) is 4.90 Å². The number of hydrogen-bond acceptors (Lipinski definition) is 5. The minimum atomic E-state index is -1.96. The summed E-state index contributed by atoms with van der Waals surface area (Å²) in [6.45, 7) is 19.8. The van der Waals surface area contributed by atoms with Crippen LogP contribution in [0.25, 0.3) is 0 Å². The number of carbonyl (C=O) groups is 1. The van der Waals surface area contributed by atoms with Crippen LogP contribution in [-0.2, 0) is 22.3 Å². The topological polar surface area (TPSA) is 69.5 Å². The Hall–Kier alpha value is -1.41. The Morgan fingerprint density at radius 1 is 1.27 bits per heavy atom. The van der Waals surface area contributed by atoms with Gasteiger partial charge in [0.15, 0.2) is 8.32 Å². The number of nitrogens with zero attached hydrogens (tertiary/aromatic N) is 4. The van der Waals surface area contributed by atoms with E-state index >= 15 is 0 Å². The molecule has 8 heteroatoms. The van der Waals surface area contributed by atoms with E-state index in [1.165, 1.54) is 0 Å². The second kappa shape index (κ2) is 6.96. The summed E-state index contributed by atoms with van der Waals surface area (Å²) in [7, 11) is -1.96. The monoisotopic (exact) mass is 382 g/mol. The number of aromatic nitrogens is 3. The first-order chi connectivity index (χ1) is 11.7. The predicted molar refractivity (Wildman–Crippen MR) is 103 cm³/mol. The van der Waals surface area contributed by atoms with Crippen molar-refractivity contribution in [3.8, 4) is 0 Å². The zero-order valence-electron chi connectivity index (χ0n) is 17.7. The Labute approximate surface area is 158 Å². The summed E-state index contributed by atoms with van der Waals surface area (Å²) in [5.74, 6) is 0. The van der Waals surface area contributed by atoms with Crippen molar-refractivity contribution in [1.29, 1.82) is 0 Å². The number of carbonyl (C=O) groups excluding carboxylic acids is 1. The fourth-order valence-electron chi connectivity index (χ4n) is 2.77. The van der Waals surface area contributed by atoms with E-state index in [2.05, 4.69) is 44.2 Å². The van der Waals surface area contributed by atoms with E-state index < -0.39 is 13.9 Å². The Balaban J connectivity index is 2.25. The molecular weight excluding hydrogens is 348 g/mol. The van der Waals surface area contributed by atoms with Gasteiger partial charge in [-0.15, -0.1) is 5.10 Å². The highest BCUT2D eigenvalue weighted by Crippen LogP contribution is 2.38. The van der Waals surface area contributed by atoms with Crippen LogP contribution in [0.3, 0.4) is 0 Å². The Morgan fingerprint density at radius 2 is 1.88 bits per heavy atom. The summed E-state index contributed by atoms with van der Waals surface area (Å²) in [5.41, 5.74) is 0.368. The highest BCUT2D eigenvalue weighted by Gasteiger charge is 2.43. The summed E-state index contributed by atoms with van der Waals surface area (Å²) >= 11 is 0. The van der Waals surface area contributed by atoms with Gasteiger partial charge in [0, 0.05) is 0 Å². The van der Waals surface area contributed by atoms with Gasteiger partial charge in [0.25, 0.3) is 0 Å². The molecule has 2 atom stereocenters. The molecule has 148 valence electrons. The molecule has 0 spiro atoms. The normalized spacial score (nSPS) is 19.9. The van der Waals surface area contributed by atoms with Crippen LogP contribution in [0.15, 0.2) is 6.20 Å². The van der Waals surface area contributed by atoms with Gasteiger partial charge in [-0.05, 0) is 45.8 Å². The van der Waals surface area contributed by atoms with Crippen LogP contribution in [-0.4, -0.2) is 52.1 Å². The van der Waals surface area contributed by atoms with Gasteiger partial charge in [-0.2, -0.15) is 0 Å². The molecule has 0 radical (unpaired) electrons. The van der Waals surface area contributed by atoms with Crippen LogP contribution in [0.4, 0.5) is 4.79 Å². The van der Waals surface area contributed by atoms with Crippen molar-refractivity contribution in [3.63, 3.8) is 0 Å². The standard InChI is InChI=1S/C18H34N4O3Si/c1-13(25-26(8,9)18(5,6)7)15-12-22-14(10-19-20-22)11-21(15)16(23)24-17(2,3)4/h10,13,15H,11-12H2,1-9H3/t13-,15-/m1/s1. The molecule has 26 heavy (non-hydrogen) atoms. The van der Waals surface area contributed by atoms with Crippen molar-refractivity contribution < 1.29 is 14.0 Å². The molecule has 1 aromatic heterocycles. The number of hydrogen-bond donors (Lipinski definition) is 0. The minimum absolute atomic E-state index is 0.102. The maximum absolute atomic E-state index is 12.8. The van der Waals surface area contributed by atoms with Crippen LogP contribution >= 0.6 is 0 Å². The van der Waals surface area contributed by atoms with E-state index in [1.807, 2.05) is 32.4 Å². The van der Waals surface area contributed by atoms with Crippen LogP contribution in [0.2, 0.25) is 18.1 Å². The lowest BCUT2D eigenvalue weighted by Gasteiger charge is -2.44. The van der Waals surface area contributed by atoms with Crippen LogP contribution in [0, 0.1) is 0 Å². The van der Waals surface area contributed by atoms with Crippen molar-refractivity contribution in [3.05, 3.63) is 11.9 Å². The molecule has 1 aliphatic rings.